The van der Waals surface area contributed by atoms with E-state index in [-0.39, 0.29) is 93.5 Å². The predicted octanol–water partition coefficient (Wildman–Crippen LogP) is -3.29. The Morgan fingerprint density at radius 2 is 1.00 bits per heavy atom. The second kappa shape index (κ2) is 16.7. The Hall–Kier alpha value is 2.96. The van der Waals surface area contributed by atoms with Crippen molar-refractivity contribution in [2.24, 2.45) is 0 Å². The van der Waals surface area contributed by atoms with Crippen molar-refractivity contribution in [1.29, 1.82) is 0 Å². The zero-order valence-corrected chi connectivity index (χ0v) is 2.06. The molecule has 20 valence electrons. The van der Waals surface area contributed by atoms with Crippen molar-refractivity contribution < 1.29 is 21.7 Å². The Bertz CT molecular complexity index is 8.00. The summed E-state index contributed by atoms with van der Waals surface area (Å²) < 4.78 is 0. The van der Waals surface area contributed by atoms with Gasteiger partial charge in [-0.3, -0.25) is 0 Å². The number of hydrogen-bond acceptors (Lipinski definition) is 0. The van der Waals surface area contributed by atoms with Crippen molar-refractivity contribution in [3.8, 4) is 0 Å². The van der Waals surface area contributed by atoms with Gasteiger partial charge in [0.2, 0.25) is 0 Å². The molecule has 0 fully saturated rings. The summed E-state index contributed by atoms with van der Waals surface area (Å²) in [7, 11) is 0. The van der Waals surface area contributed by atoms with Crippen LogP contribution in [0.2, 0.25) is 0 Å². The van der Waals surface area contributed by atoms with Crippen LogP contribution in [0.4, 0.5) is 0 Å². The molecule has 0 radical (unpaired) electrons. The van der Waals surface area contributed by atoms with E-state index in [0.717, 1.165) is 0 Å². The Kier molecular flexibility index (Phi) is 118. The standard InChI is InChI=1S/Ca.Mg.H4Si.Ti.4H/h;;1H4;;;;;. The molecule has 0 rings (SSSR count). The van der Waals surface area contributed by atoms with Gasteiger partial charge in [-0.05, 0) is 11.0 Å². The Morgan fingerprint density at radius 1 is 1.00 bits per heavy atom. The zero-order chi connectivity index (χ0) is 0. The third-order valence-corrected chi connectivity index (χ3v) is 0. The molecule has 0 aromatic rings. The van der Waals surface area contributed by atoms with E-state index in [2.05, 4.69) is 0 Å². The summed E-state index contributed by atoms with van der Waals surface area (Å²) in [5.41, 5.74) is 0. The van der Waals surface area contributed by atoms with Crippen LogP contribution in [0.5, 0.6) is 0 Å². The van der Waals surface area contributed by atoms with Crippen LogP contribution < -0.4 is 0 Å². The van der Waals surface area contributed by atoms with Gasteiger partial charge in [-0.1, -0.05) is 0 Å². The third kappa shape index (κ3) is 8.88. The van der Waals surface area contributed by atoms with Crippen molar-refractivity contribution >= 4 is 71.8 Å². The smallest absolute Gasteiger partial charge is 0.0149 e. The predicted molar refractivity (Wildman–Crippen MR) is 28.4 cm³/mol. The van der Waals surface area contributed by atoms with E-state index in [1.165, 1.54) is 0 Å². The normalized spacial score (nSPS) is 0. The molecule has 0 bridgehead atoms. The Balaban J connectivity index is 0. The van der Waals surface area contributed by atoms with Gasteiger partial charge in [-0.2, -0.15) is 0 Å². The minimum atomic E-state index is 0. The Labute approximate surface area is 91.5 Å². The fourth-order valence-corrected chi connectivity index (χ4v) is 0. The summed E-state index contributed by atoms with van der Waals surface area (Å²) >= 11 is 0. The van der Waals surface area contributed by atoms with E-state index < -0.39 is 0 Å². The summed E-state index contributed by atoms with van der Waals surface area (Å²) in [5, 5.41) is 0. The Morgan fingerprint density at radius 3 is 1.00 bits per heavy atom. The van der Waals surface area contributed by atoms with Crippen LogP contribution in [0.25, 0.3) is 0 Å². The van der Waals surface area contributed by atoms with Gasteiger partial charge >= 0.3 is 60.8 Å². The fourth-order valence-electron chi connectivity index (χ4n) is 0. The number of hydrogen-bond donors (Lipinski definition) is 0. The molecule has 0 aliphatic heterocycles. The van der Waals surface area contributed by atoms with Crippen molar-refractivity contribution in [2.45, 2.75) is 0 Å². The van der Waals surface area contributed by atoms with Gasteiger partial charge in [0.1, 0.15) is 0 Å². The second-order valence-corrected chi connectivity index (χ2v) is 0. The average molecular weight is 148 g/mol. The van der Waals surface area contributed by atoms with Gasteiger partial charge in [0.05, 0.1) is 0 Å². The van der Waals surface area contributed by atoms with Crippen LogP contribution in [-0.2, 0) is 21.7 Å². The molecule has 4 heavy (non-hydrogen) atoms. The third-order valence-electron chi connectivity index (χ3n) is 0. The molecule has 0 aliphatic rings. The first-order chi connectivity index (χ1) is 0. The van der Waals surface area contributed by atoms with E-state index >= 15 is 0 Å². The van der Waals surface area contributed by atoms with Gasteiger partial charge in [0, 0.05) is 21.7 Å². The molecule has 0 spiro atoms. The van der Waals surface area contributed by atoms with Gasteiger partial charge in [0.25, 0.3) is 0 Å². The molecule has 0 aromatic heterocycles. The molecule has 0 N–H and O–H groups in total. The molecule has 0 unspecified atom stereocenters. The SMILES string of the molecule is [CaH2].[MgH2].[SiH4].[Ti]. The first kappa shape index (κ1) is 28.2. The topological polar surface area (TPSA) is 0 Å². The largest absolute Gasteiger partial charge is 0.316 e. The van der Waals surface area contributed by atoms with Crippen molar-refractivity contribution in [3.05, 3.63) is 0 Å². The zero-order valence-electron chi connectivity index (χ0n) is 0.500. The maximum atomic E-state index is 0. The molecular formula is H8CaMgSiTi. The molecule has 0 amide bonds. The van der Waals surface area contributed by atoms with Crippen molar-refractivity contribution in [1.82, 2.24) is 0 Å². The first-order valence-corrected chi connectivity index (χ1v) is 0. The van der Waals surface area contributed by atoms with Crippen LogP contribution in [0, 0.1) is 0 Å². The quantitative estimate of drug-likeness (QED) is 0.316. The van der Waals surface area contributed by atoms with E-state index in [1.54, 1.807) is 0 Å². The number of rotatable bonds is 0. The van der Waals surface area contributed by atoms with E-state index in [9.17, 15) is 0 Å². The second-order valence-electron chi connectivity index (χ2n) is 0. The van der Waals surface area contributed by atoms with Gasteiger partial charge in [-0.25, -0.2) is 0 Å². The van der Waals surface area contributed by atoms with Gasteiger partial charge in [0.15, 0.2) is 0 Å². The molecule has 0 aliphatic carbocycles. The molecule has 0 saturated heterocycles. The van der Waals surface area contributed by atoms with Crippen LogP contribution >= 0.6 is 0 Å². The van der Waals surface area contributed by atoms with Gasteiger partial charge in [-0.15, -0.1) is 0 Å². The van der Waals surface area contributed by atoms with Gasteiger partial charge < -0.3 is 0 Å². The van der Waals surface area contributed by atoms with Crippen molar-refractivity contribution in [2.75, 3.05) is 0 Å². The fraction of sp³-hybridized carbons (Fsp3) is 0. The monoisotopic (exact) mass is 148 g/mol. The summed E-state index contributed by atoms with van der Waals surface area (Å²) in [6.45, 7) is 0. The summed E-state index contributed by atoms with van der Waals surface area (Å²) in [4.78, 5) is 0. The average Bonchev–Trinajstić information content (AvgIpc) is 0. The molecule has 0 atom stereocenters. The van der Waals surface area contributed by atoms with Crippen molar-refractivity contribution in [3.63, 3.8) is 0 Å². The molecule has 0 aromatic carbocycles. The molecular weight excluding hydrogens is 140 g/mol. The van der Waals surface area contributed by atoms with Crippen LogP contribution in [-0.4, -0.2) is 71.8 Å². The minimum Gasteiger partial charge on any atom is -0.0149 e. The van der Waals surface area contributed by atoms with E-state index in [1.807, 2.05) is 0 Å². The summed E-state index contributed by atoms with van der Waals surface area (Å²) in [6.07, 6.45) is 0. The summed E-state index contributed by atoms with van der Waals surface area (Å²) in [5.74, 6) is 0. The maximum absolute atomic E-state index is 0. The van der Waals surface area contributed by atoms with E-state index in [0.29, 0.717) is 0 Å². The molecule has 4 heteroatoms. The summed E-state index contributed by atoms with van der Waals surface area (Å²) in [6, 6.07) is 0. The molecule has 0 heterocycles. The van der Waals surface area contributed by atoms with Crippen LogP contribution in [0.1, 0.15) is 0 Å². The van der Waals surface area contributed by atoms with E-state index in [4.69, 9.17) is 0 Å². The minimum absolute atomic E-state index is 0. The van der Waals surface area contributed by atoms with Crippen LogP contribution in [0.3, 0.4) is 0 Å². The molecule has 0 saturated carbocycles. The molecule has 0 nitrogen and oxygen atoms in total. The first-order valence-electron chi connectivity index (χ1n) is 0. The van der Waals surface area contributed by atoms with Crippen LogP contribution in [0.15, 0.2) is 0 Å². The maximum Gasteiger partial charge on any atom is 0.316 e.